The second kappa shape index (κ2) is 9.76. The van der Waals surface area contributed by atoms with Crippen LogP contribution in [0.2, 0.25) is 5.02 Å². The molecule has 0 aliphatic heterocycles. The smallest absolute Gasteiger partial charge is 0.0405 e. The molecule has 1 nitrogen and oxygen atoms in total. The quantitative estimate of drug-likeness (QED) is 0.675. The maximum Gasteiger partial charge on any atom is 0.0405 e. The Labute approximate surface area is 79.0 Å². The van der Waals surface area contributed by atoms with Gasteiger partial charge in [0.1, 0.15) is 0 Å². The van der Waals surface area contributed by atoms with E-state index in [9.17, 15) is 0 Å². The van der Waals surface area contributed by atoms with Gasteiger partial charge in [0.15, 0.2) is 0 Å². The minimum Gasteiger partial charge on any atom is -0.331 e. The maximum atomic E-state index is 5.54. The molecule has 1 rings (SSSR count). The molecule has 64 valence electrons. The Bertz CT molecular complexity index is 153. The Kier molecular flexibility index (Phi) is 11.9. The topological polar surface area (TPSA) is 26.0 Å². The van der Waals surface area contributed by atoms with Crippen molar-refractivity contribution in [2.45, 2.75) is 6.92 Å². The largest absolute Gasteiger partial charge is 0.331 e. The summed E-state index contributed by atoms with van der Waals surface area (Å²) in [5, 5.41) is 0.794. The monoisotopic (exact) mass is 193 g/mol. The lowest BCUT2D eigenvalue weighted by molar-refractivity contribution is 1.14. The zero-order chi connectivity index (χ0) is 7.82. The van der Waals surface area contributed by atoms with Gasteiger partial charge in [-0.1, -0.05) is 36.7 Å². The minimum atomic E-state index is 0. The summed E-state index contributed by atoms with van der Waals surface area (Å²) < 4.78 is 0. The summed E-state index contributed by atoms with van der Waals surface area (Å²) in [5.74, 6) is 0. The van der Waals surface area contributed by atoms with Crippen LogP contribution in [0.5, 0.6) is 0 Å². The fraction of sp³-hybridized carbons (Fsp3) is 0.250. The van der Waals surface area contributed by atoms with Gasteiger partial charge in [-0.15, -0.1) is 12.4 Å². The molecule has 2 N–H and O–H groups in total. The Hall–Kier alpha value is -0.240. The predicted octanol–water partition coefficient (Wildman–Crippen LogP) is 2.73. The molecule has 0 heterocycles. The minimum absolute atomic E-state index is 0. The third kappa shape index (κ3) is 9.76. The molecule has 0 aliphatic rings. The van der Waals surface area contributed by atoms with Gasteiger partial charge in [0.2, 0.25) is 0 Å². The van der Waals surface area contributed by atoms with Gasteiger partial charge >= 0.3 is 0 Å². The third-order valence-corrected chi connectivity index (χ3v) is 0.985. The van der Waals surface area contributed by atoms with Crippen LogP contribution in [0.15, 0.2) is 30.3 Å². The highest BCUT2D eigenvalue weighted by molar-refractivity contribution is 6.30. The summed E-state index contributed by atoms with van der Waals surface area (Å²) in [7, 11) is 0. The van der Waals surface area contributed by atoms with Crippen LogP contribution in [0.25, 0.3) is 0 Å². The fourth-order valence-electron chi connectivity index (χ4n) is 0.415. The van der Waals surface area contributed by atoms with Crippen LogP contribution < -0.4 is 5.73 Å². The van der Waals surface area contributed by atoms with Gasteiger partial charge in [-0.3, -0.25) is 0 Å². The highest BCUT2D eigenvalue weighted by atomic mass is 35.5. The number of nitrogens with two attached hydrogens (primary N) is 1. The SMILES string of the molecule is CCN.Cl.Clc1ccccc1. The molecule has 11 heavy (non-hydrogen) atoms. The van der Waals surface area contributed by atoms with Gasteiger partial charge in [0, 0.05) is 5.02 Å². The van der Waals surface area contributed by atoms with E-state index in [-0.39, 0.29) is 12.4 Å². The second-order valence-electron chi connectivity index (χ2n) is 1.70. The molecule has 0 spiro atoms. The summed E-state index contributed by atoms with van der Waals surface area (Å²) in [6.07, 6.45) is 0. The number of hydrogen-bond donors (Lipinski definition) is 1. The zero-order valence-corrected chi connectivity index (χ0v) is 8.03. The first-order valence-electron chi connectivity index (χ1n) is 3.22. The summed E-state index contributed by atoms with van der Waals surface area (Å²) in [6, 6.07) is 9.44. The molecule has 0 fully saturated rings. The van der Waals surface area contributed by atoms with E-state index in [2.05, 4.69) is 0 Å². The van der Waals surface area contributed by atoms with Crippen LogP contribution in [-0.2, 0) is 0 Å². The van der Waals surface area contributed by atoms with E-state index in [1.165, 1.54) is 0 Å². The number of rotatable bonds is 0. The van der Waals surface area contributed by atoms with E-state index in [0.29, 0.717) is 0 Å². The van der Waals surface area contributed by atoms with Gasteiger partial charge in [-0.25, -0.2) is 0 Å². The lowest BCUT2D eigenvalue weighted by atomic mass is 10.4. The predicted molar refractivity (Wildman–Crippen MR) is 53.4 cm³/mol. The Morgan fingerprint density at radius 2 is 1.64 bits per heavy atom. The summed E-state index contributed by atoms with van der Waals surface area (Å²) in [4.78, 5) is 0. The van der Waals surface area contributed by atoms with Crippen LogP contribution in [0.3, 0.4) is 0 Å². The van der Waals surface area contributed by atoms with Gasteiger partial charge in [-0.05, 0) is 18.7 Å². The Balaban J connectivity index is 0. The number of hydrogen-bond acceptors (Lipinski definition) is 1. The first-order chi connectivity index (χ1) is 4.81. The molecule has 0 saturated heterocycles. The summed E-state index contributed by atoms with van der Waals surface area (Å²) >= 11 is 5.54. The average molecular weight is 194 g/mol. The molecule has 3 heteroatoms. The van der Waals surface area contributed by atoms with E-state index in [1.807, 2.05) is 37.3 Å². The van der Waals surface area contributed by atoms with Crippen molar-refractivity contribution in [3.8, 4) is 0 Å². The molecule has 0 bridgehead atoms. The van der Waals surface area contributed by atoms with Crippen molar-refractivity contribution in [2.24, 2.45) is 5.73 Å². The van der Waals surface area contributed by atoms with Crippen LogP contribution in [0.1, 0.15) is 6.92 Å². The summed E-state index contributed by atoms with van der Waals surface area (Å²) in [6.45, 7) is 2.65. The molecule has 0 unspecified atom stereocenters. The number of halogens is 2. The van der Waals surface area contributed by atoms with Crippen molar-refractivity contribution in [1.29, 1.82) is 0 Å². The molecule has 0 radical (unpaired) electrons. The van der Waals surface area contributed by atoms with Crippen molar-refractivity contribution in [3.63, 3.8) is 0 Å². The fourth-order valence-corrected chi connectivity index (χ4v) is 0.560. The third-order valence-electron chi connectivity index (χ3n) is 0.733. The van der Waals surface area contributed by atoms with Gasteiger partial charge in [-0.2, -0.15) is 0 Å². The Morgan fingerprint density at radius 3 is 1.82 bits per heavy atom. The van der Waals surface area contributed by atoms with Crippen LogP contribution >= 0.6 is 24.0 Å². The molecular weight excluding hydrogens is 181 g/mol. The standard InChI is InChI=1S/C6H5Cl.C2H7N.ClH/c7-6-4-2-1-3-5-6;1-2-3;/h1-5H;2-3H2,1H3;1H. The van der Waals surface area contributed by atoms with E-state index >= 15 is 0 Å². The highest BCUT2D eigenvalue weighted by Crippen LogP contribution is 2.03. The average Bonchev–Trinajstić information content (AvgIpc) is 1.91. The van der Waals surface area contributed by atoms with Gasteiger partial charge in [0.05, 0.1) is 0 Å². The summed E-state index contributed by atoms with van der Waals surface area (Å²) in [5.41, 5.74) is 4.85. The van der Waals surface area contributed by atoms with E-state index < -0.39 is 0 Å². The first kappa shape index (κ1) is 13.4. The van der Waals surface area contributed by atoms with Crippen molar-refractivity contribution < 1.29 is 0 Å². The van der Waals surface area contributed by atoms with Gasteiger partial charge < -0.3 is 5.73 Å². The molecule has 1 aromatic carbocycles. The molecule has 0 saturated carbocycles. The van der Waals surface area contributed by atoms with E-state index in [1.54, 1.807) is 0 Å². The Morgan fingerprint density at radius 1 is 1.27 bits per heavy atom. The first-order valence-corrected chi connectivity index (χ1v) is 3.59. The van der Waals surface area contributed by atoms with Crippen LogP contribution in [-0.4, -0.2) is 6.54 Å². The highest BCUT2D eigenvalue weighted by Gasteiger charge is 1.74. The molecule has 0 aromatic heterocycles. The molecule has 0 atom stereocenters. The lowest BCUT2D eigenvalue weighted by Gasteiger charge is -1.80. The molecule has 0 amide bonds. The van der Waals surface area contributed by atoms with Gasteiger partial charge in [0.25, 0.3) is 0 Å². The normalized spacial score (nSPS) is 7.18. The molecular formula is C8H13Cl2N. The van der Waals surface area contributed by atoms with E-state index in [4.69, 9.17) is 17.3 Å². The second-order valence-corrected chi connectivity index (χ2v) is 2.14. The lowest BCUT2D eigenvalue weighted by Crippen LogP contribution is -1.87. The van der Waals surface area contributed by atoms with E-state index in [0.717, 1.165) is 11.6 Å². The molecule has 1 aromatic rings. The van der Waals surface area contributed by atoms with Crippen molar-refractivity contribution >= 4 is 24.0 Å². The molecule has 0 aliphatic carbocycles. The maximum absolute atomic E-state index is 5.54. The van der Waals surface area contributed by atoms with Crippen molar-refractivity contribution in [2.75, 3.05) is 6.54 Å². The van der Waals surface area contributed by atoms with Crippen LogP contribution in [0.4, 0.5) is 0 Å². The van der Waals surface area contributed by atoms with Crippen molar-refractivity contribution in [1.82, 2.24) is 0 Å². The van der Waals surface area contributed by atoms with Crippen LogP contribution in [0, 0.1) is 0 Å². The van der Waals surface area contributed by atoms with Crippen molar-refractivity contribution in [3.05, 3.63) is 35.4 Å². The zero-order valence-electron chi connectivity index (χ0n) is 6.46. The number of benzene rings is 1.